The van der Waals surface area contributed by atoms with Crippen molar-refractivity contribution in [2.45, 2.75) is 32.7 Å². The van der Waals surface area contributed by atoms with E-state index in [4.69, 9.17) is 10.5 Å². The third-order valence-corrected chi connectivity index (χ3v) is 3.05. The molecule has 1 aromatic heterocycles. The van der Waals surface area contributed by atoms with E-state index in [9.17, 15) is 4.39 Å². The maximum atomic E-state index is 13.8. The smallest absolute Gasteiger partial charge is 0.219 e. The van der Waals surface area contributed by atoms with E-state index in [-0.39, 0.29) is 11.2 Å². The molecule has 1 heterocycles. The lowest BCUT2D eigenvalue weighted by Crippen LogP contribution is -2.11. The molecule has 0 saturated heterocycles. The maximum absolute atomic E-state index is 13.8. The van der Waals surface area contributed by atoms with Crippen molar-refractivity contribution in [3.8, 4) is 11.6 Å². The Hall–Kier alpha value is -1.94. The molecule has 2 rings (SSSR count). The first-order chi connectivity index (χ1) is 9.40. The highest BCUT2D eigenvalue weighted by atomic mass is 19.1. The zero-order chi connectivity index (χ0) is 14.8. The molecule has 4 heteroatoms. The van der Waals surface area contributed by atoms with Crippen molar-refractivity contribution in [1.82, 2.24) is 4.98 Å². The van der Waals surface area contributed by atoms with E-state index in [1.807, 2.05) is 6.07 Å². The highest BCUT2D eigenvalue weighted by molar-refractivity contribution is 5.33. The van der Waals surface area contributed by atoms with Crippen molar-refractivity contribution in [3.05, 3.63) is 53.5 Å². The zero-order valence-corrected chi connectivity index (χ0v) is 12.0. The molecule has 2 N–H and O–H groups in total. The van der Waals surface area contributed by atoms with Crippen LogP contribution in [0.2, 0.25) is 0 Å². The van der Waals surface area contributed by atoms with Crippen molar-refractivity contribution < 1.29 is 9.13 Å². The normalized spacial score (nSPS) is 11.4. The van der Waals surface area contributed by atoms with Gasteiger partial charge in [-0.25, -0.2) is 9.37 Å². The van der Waals surface area contributed by atoms with Crippen LogP contribution in [0.5, 0.6) is 11.6 Å². The number of rotatable bonds is 3. The molecule has 0 aliphatic heterocycles. The minimum Gasteiger partial charge on any atom is -0.436 e. The Kier molecular flexibility index (Phi) is 4.04. The number of nitrogens with two attached hydrogens (primary N) is 1. The van der Waals surface area contributed by atoms with E-state index in [0.717, 1.165) is 11.1 Å². The highest BCUT2D eigenvalue weighted by Gasteiger charge is 2.14. The molecule has 106 valence electrons. The minimum atomic E-state index is -0.436. The second-order valence-electron chi connectivity index (χ2n) is 5.71. The molecule has 0 saturated carbocycles. The predicted octanol–water partition coefficient (Wildman–Crippen LogP) is 3.77. The average molecular weight is 274 g/mol. The van der Waals surface area contributed by atoms with Gasteiger partial charge >= 0.3 is 0 Å². The first-order valence-electron chi connectivity index (χ1n) is 6.53. The lowest BCUT2D eigenvalue weighted by atomic mass is 9.88. The standard InChI is InChI=1S/C16H19FN2O/c1-16(2,3)12-5-7-15(19-10-12)20-14-6-4-11(9-18)8-13(14)17/h4-8,10H,9,18H2,1-3H3. The molecule has 0 spiro atoms. The summed E-state index contributed by atoms with van der Waals surface area (Å²) in [7, 11) is 0. The summed E-state index contributed by atoms with van der Waals surface area (Å²) < 4.78 is 19.2. The van der Waals surface area contributed by atoms with E-state index >= 15 is 0 Å². The Morgan fingerprint density at radius 2 is 1.95 bits per heavy atom. The van der Waals surface area contributed by atoms with Gasteiger partial charge in [0.15, 0.2) is 11.6 Å². The molecule has 3 nitrogen and oxygen atoms in total. The zero-order valence-electron chi connectivity index (χ0n) is 12.0. The summed E-state index contributed by atoms with van der Waals surface area (Å²) in [4.78, 5) is 4.21. The van der Waals surface area contributed by atoms with Gasteiger partial charge in [0.1, 0.15) is 0 Å². The van der Waals surface area contributed by atoms with Crippen molar-refractivity contribution in [1.29, 1.82) is 0 Å². The molecule has 0 atom stereocenters. The van der Waals surface area contributed by atoms with Crippen LogP contribution in [0, 0.1) is 5.82 Å². The Bertz CT molecular complexity index is 588. The summed E-state index contributed by atoms with van der Waals surface area (Å²) >= 11 is 0. The van der Waals surface area contributed by atoms with Crippen LogP contribution < -0.4 is 10.5 Å². The van der Waals surface area contributed by atoms with E-state index < -0.39 is 5.82 Å². The Balaban J connectivity index is 2.18. The number of pyridine rings is 1. The largest absolute Gasteiger partial charge is 0.436 e. The van der Waals surface area contributed by atoms with E-state index in [0.29, 0.717) is 12.4 Å². The van der Waals surface area contributed by atoms with Crippen LogP contribution in [0.15, 0.2) is 36.5 Å². The minimum absolute atomic E-state index is 0.0273. The molecule has 1 aromatic carbocycles. The van der Waals surface area contributed by atoms with Gasteiger partial charge in [-0.1, -0.05) is 32.9 Å². The van der Waals surface area contributed by atoms with Gasteiger partial charge in [0.05, 0.1) is 0 Å². The van der Waals surface area contributed by atoms with Crippen molar-refractivity contribution in [2.75, 3.05) is 0 Å². The van der Waals surface area contributed by atoms with Crippen LogP contribution >= 0.6 is 0 Å². The fourth-order valence-corrected chi connectivity index (χ4v) is 1.75. The fraction of sp³-hybridized carbons (Fsp3) is 0.312. The molecule has 2 aromatic rings. The summed E-state index contributed by atoms with van der Waals surface area (Å²) in [6.07, 6.45) is 1.75. The molecule has 0 unspecified atom stereocenters. The van der Waals surface area contributed by atoms with Gasteiger partial charge in [-0.05, 0) is 28.7 Å². The van der Waals surface area contributed by atoms with Crippen molar-refractivity contribution in [2.24, 2.45) is 5.73 Å². The molecule has 0 amide bonds. The molecule has 0 bridgehead atoms. The molecule has 0 aliphatic carbocycles. The Morgan fingerprint density at radius 3 is 2.45 bits per heavy atom. The monoisotopic (exact) mass is 274 g/mol. The van der Waals surface area contributed by atoms with Crippen LogP contribution in [0.4, 0.5) is 4.39 Å². The maximum Gasteiger partial charge on any atom is 0.219 e. The number of nitrogens with zero attached hydrogens (tertiary/aromatic N) is 1. The van der Waals surface area contributed by atoms with E-state index in [1.54, 1.807) is 24.4 Å². The Morgan fingerprint density at radius 1 is 1.20 bits per heavy atom. The quantitative estimate of drug-likeness (QED) is 0.926. The highest BCUT2D eigenvalue weighted by Crippen LogP contribution is 2.26. The summed E-state index contributed by atoms with van der Waals surface area (Å²) in [6.45, 7) is 6.62. The van der Waals surface area contributed by atoms with Crippen LogP contribution in [0.1, 0.15) is 31.9 Å². The second-order valence-corrected chi connectivity index (χ2v) is 5.71. The summed E-state index contributed by atoms with van der Waals surface area (Å²) in [5, 5.41) is 0. The lowest BCUT2D eigenvalue weighted by molar-refractivity contribution is 0.426. The van der Waals surface area contributed by atoms with Crippen LogP contribution in [-0.4, -0.2) is 4.98 Å². The molecule has 0 radical (unpaired) electrons. The number of aromatic nitrogens is 1. The van der Waals surface area contributed by atoms with Gasteiger partial charge < -0.3 is 10.5 Å². The summed E-state index contributed by atoms with van der Waals surface area (Å²) in [6, 6.07) is 8.36. The molecule has 0 aliphatic rings. The van der Waals surface area contributed by atoms with Crippen molar-refractivity contribution in [3.63, 3.8) is 0 Å². The van der Waals surface area contributed by atoms with Gasteiger partial charge in [0, 0.05) is 18.8 Å². The average Bonchev–Trinajstić information content (AvgIpc) is 2.40. The first kappa shape index (κ1) is 14.5. The third-order valence-electron chi connectivity index (χ3n) is 3.05. The van der Waals surface area contributed by atoms with Crippen LogP contribution in [0.3, 0.4) is 0 Å². The number of hydrogen-bond acceptors (Lipinski definition) is 3. The van der Waals surface area contributed by atoms with Crippen LogP contribution in [-0.2, 0) is 12.0 Å². The predicted molar refractivity (Wildman–Crippen MR) is 77.3 cm³/mol. The lowest BCUT2D eigenvalue weighted by Gasteiger charge is -2.18. The number of halogens is 1. The second kappa shape index (κ2) is 5.59. The number of benzene rings is 1. The summed E-state index contributed by atoms with van der Waals surface area (Å²) in [5.41, 5.74) is 7.31. The molecular formula is C16H19FN2O. The van der Waals surface area contributed by atoms with Crippen LogP contribution in [0.25, 0.3) is 0 Å². The van der Waals surface area contributed by atoms with E-state index in [1.165, 1.54) is 6.07 Å². The molecule has 0 fully saturated rings. The van der Waals surface area contributed by atoms with E-state index in [2.05, 4.69) is 25.8 Å². The van der Waals surface area contributed by atoms with Gasteiger partial charge in [-0.3, -0.25) is 0 Å². The third kappa shape index (κ3) is 3.33. The SMILES string of the molecule is CC(C)(C)c1ccc(Oc2ccc(CN)cc2F)nc1. The first-order valence-corrected chi connectivity index (χ1v) is 6.53. The topological polar surface area (TPSA) is 48.1 Å². The Labute approximate surface area is 118 Å². The molecular weight excluding hydrogens is 255 g/mol. The van der Waals surface area contributed by atoms with Gasteiger partial charge in [-0.2, -0.15) is 0 Å². The molecule has 20 heavy (non-hydrogen) atoms. The van der Waals surface area contributed by atoms with Crippen molar-refractivity contribution >= 4 is 0 Å². The number of ether oxygens (including phenoxy) is 1. The fourth-order valence-electron chi connectivity index (χ4n) is 1.75. The summed E-state index contributed by atoms with van der Waals surface area (Å²) in [5.74, 6) is 0.0882. The van der Waals surface area contributed by atoms with Gasteiger partial charge in [0.2, 0.25) is 5.88 Å². The number of hydrogen-bond donors (Lipinski definition) is 1. The van der Waals surface area contributed by atoms with Gasteiger partial charge in [0.25, 0.3) is 0 Å². The van der Waals surface area contributed by atoms with Gasteiger partial charge in [-0.15, -0.1) is 0 Å².